The van der Waals surface area contributed by atoms with Gasteiger partial charge in [-0.05, 0) is 51.3 Å². The number of carbonyl (C=O) groups is 2. The molecule has 5 heteroatoms. The van der Waals surface area contributed by atoms with Gasteiger partial charge in [0.1, 0.15) is 5.41 Å². The Morgan fingerprint density at radius 2 is 1.79 bits per heavy atom. The number of nitrogens with zero attached hydrogens (tertiary/aromatic N) is 2. The largest absolute Gasteiger partial charge is 0.368 e. The number of nitrogens with one attached hydrogen (secondary N) is 1. The van der Waals surface area contributed by atoms with Crippen molar-refractivity contribution in [1.29, 1.82) is 0 Å². The topological polar surface area (TPSA) is 52.7 Å². The maximum Gasteiger partial charge on any atom is 0.238 e. The van der Waals surface area contributed by atoms with Crippen LogP contribution in [0, 0.1) is 12.3 Å². The van der Waals surface area contributed by atoms with Crippen molar-refractivity contribution in [2.24, 2.45) is 5.41 Å². The molecule has 2 aliphatic rings. The molecule has 3 rings (SSSR count). The van der Waals surface area contributed by atoms with Crippen LogP contribution < -0.4 is 10.2 Å². The van der Waals surface area contributed by atoms with Crippen LogP contribution in [0.15, 0.2) is 24.3 Å². The smallest absolute Gasteiger partial charge is 0.238 e. The maximum absolute atomic E-state index is 12.8. The lowest BCUT2D eigenvalue weighted by atomic mass is 10.0. The number of hydrogen-bond acceptors (Lipinski definition) is 3. The van der Waals surface area contributed by atoms with Crippen LogP contribution in [0.1, 0.15) is 32.3 Å². The van der Waals surface area contributed by atoms with E-state index in [9.17, 15) is 9.59 Å². The lowest BCUT2D eigenvalue weighted by molar-refractivity contribution is -0.144. The second-order valence-electron chi connectivity index (χ2n) is 7.33. The van der Waals surface area contributed by atoms with Gasteiger partial charge in [-0.15, -0.1) is 0 Å². The van der Waals surface area contributed by atoms with Gasteiger partial charge in [-0.25, -0.2) is 0 Å². The fourth-order valence-corrected chi connectivity index (χ4v) is 3.36. The second kappa shape index (κ2) is 6.46. The van der Waals surface area contributed by atoms with Gasteiger partial charge in [0.2, 0.25) is 11.8 Å². The van der Waals surface area contributed by atoms with Crippen LogP contribution in [0.2, 0.25) is 0 Å². The average Bonchev–Trinajstić information content (AvgIpc) is 3.35. The summed E-state index contributed by atoms with van der Waals surface area (Å²) >= 11 is 0. The van der Waals surface area contributed by atoms with E-state index in [1.807, 2.05) is 18.7 Å². The Balaban J connectivity index is 1.60. The molecule has 24 heavy (non-hydrogen) atoms. The number of piperazine rings is 1. The van der Waals surface area contributed by atoms with Gasteiger partial charge in [-0.1, -0.05) is 12.1 Å². The fourth-order valence-electron chi connectivity index (χ4n) is 3.36. The third kappa shape index (κ3) is 3.25. The number of rotatable bonds is 4. The van der Waals surface area contributed by atoms with Crippen LogP contribution in [-0.2, 0) is 9.59 Å². The lowest BCUT2D eigenvalue weighted by Gasteiger charge is -2.37. The monoisotopic (exact) mass is 329 g/mol. The number of aryl methyl sites for hydroxylation is 1. The van der Waals surface area contributed by atoms with Crippen LogP contribution in [0.5, 0.6) is 0 Å². The van der Waals surface area contributed by atoms with E-state index in [1.165, 1.54) is 11.3 Å². The van der Waals surface area contributed by atoms with Crippen molar-refractivity contribution in [3.05, 3.63) is 29.8 Å². The first-order valence-corrected chi connectivity index (χ1v) is 8.84. The molecule has 1 heterocycles. The molecule has 0 bridgehead atoms. The minimum Gasteiger partial charge on any atom is -0.368 e. The molecule has 1 aliphatic heterocycles. The van der Waals surface area contributed by atoms with Gasteiger partial charge in [0, 0.05) is 37.9 Å². The molecule has 1 saturated carbocycles. The summed E-state index contributed by atoms with van der Waals surface area (Å²) in [6.07, 6.45) is 1.37. The van der Waals surface area contributed by atoms with E-state index in [1.54, 1.807) is 0 Å². The average molecular weight is 329 g/mol. The number of benzene rings is 1. The van der Waals surface area contributed by atoms with Crippen molar-refractivity contribution in [3.63, 3.8) is 0 Å². The summed E-state index contributed by atoms with van der Waals surface area (Å²) in [5.41, 5.74) is 1.67. The van der Waals surface area contributed by atoms with Gasteiger partial charge < -0.3 is 15.1 Å². The molecule has 130 valence electrons. The SMILES string of the molecule is Cc1cccc(N2CCN(C(=O)C3(C(=O)NC(C)C)CC3)CC2)c1. The van der Waals surface area contributed by atoms with E-state index < -0.39 is 5.41 Å². The van der Waals surface area contributed by atoms with Gasteiger partial charge in [0.25, 0.3) is 0 Å². The minimum absolute atomic E-state index is 0.0181. The third-order valence-corrected chi connectivity index (χ3v) is 4.95. The zero-order valence-corrected chi connectivity index (χ0v) is 14.8. The summed E-state index contributed by atoms with van der Waals surface area (Å²) in [5.74, 6) is -0.0758. The Hall–Kier alpha value is -2.04. The molecular weight excluding hydrogens is 302 g/mol. The molecule has 1 aromatic rings. The molecule has 5 nitrogen and oxygen atoms in total. The highest BCUT2D eigenvalue weighted by atomic mass is 16.2. The quantitative estimate of drug-likeness (QED) is 0.859. The number of hydrogen-bond donors (Lipinski definition) is 1. The summed E-state index contributed by atoms with van der Waals surface area (Å²) in [5, 5.41) is 2.91. The Labute approximate surface area is 144 Å². The number of carbonyl (C=O) groups excluding carboxylic acids is 2. The predicted molar refractivity (Wildman–Crippen MR) is 94.9 cm³/mol. The van der Waals surface area contributed by atoms with Crippen LogP contribution in [0.3, 0.4) is 0 Å². The summed E-state index contributed by atoms with van der Waals surface area (Å²) in [6, 6.07) is 8.52. The Morgan fingerprint density at radius 3 is 2.33 bits per heavy atom. The molecule has 2 fully saturated rings. The van der Waals surface area contributed by atoms with Crippen molar-refractivity contribution in [2.75, 3.05) is 31.1 Å². The lowest BCUT2D eigenvalue weighted by Crippen LogP contribution is -2.53. The fraction of sp³-hybridized carbons (Fsp3) is 0.579. The first-order chi connectivity index (χ1) is 11.4. The minimum atomic E-state index is -0.782. The molecule has 0 unspecified atom stereocenters. The van der Waals surface area contributed by atoms with Crippen molar-refractivity contribution < 1.29 is 9.59 Å². The van der Waals surface area contributed by atoms with Crippen LogP contribution in [0.4, 0.5) is 5.69 Å². The van der Waals surface area contributed by atoms with Gasteiger partial charge in [0.15, 0.2) is 0 Å². The second-order valence-corrected chi connectivity index (χ2v) is 7.33. The van der Waals surface area contributed by atoms with Gasteiger partial charge in [0.05, 0.1) is 0 Å². The van der Waals surface area contributed by atoms with E-state index in [-0.39, 0.29) is 17.9 Å². The summed E-state index contributed by atoms with van der Waals surface area (Å²) < 4.78 is 0. The molecule has 0 aromatic heterocycles. The van der Waals surface area contributed by atoms with Gasteiger partial charge >= 0.3 is 0 Å². The molecule has 1 aromatic carbocycles. The Bertz CT molecular complexity index is 629. The van der Waals surface area contributed by atoms with Crippen molar-refractivity contribution in [1.82, 2.24) is 10.2 Å². The van der Waals surface area contributed by atoms with E-state index >= 15 is 0 Å². The van der Waals surface area contributed by atoms with E-state index in [0.717, 1.165) is 13.1 Å². The van der Waals surface area contributed by atoms with Gasteiger partial charge in [-0.2, -0.15) is 0 Å². The normalized spacial score (nSPS) is 19.3. The number of anilines is 1. The van der Waals surface area contributed by atoms with E-state index in [0.29, 0.717) is 25.9 Å². The van der Waals surface area contributed by atoms with Crippen molar-refractivity contribution >= 4 is 17.5 Å². The zero-order valence-electron chi connectivity index (χ0n) is 14.8. The van der Waals surface area contributed by atoms with Crippen molar-refractivity contribution in [3.8, 4) is 0 Å². The predicted octanol–water partition coefficient (Wildman–Crippen LogP) is 1.95. The molecule has 0 spiro atoms. The standard InChI is InChI=1S/C19H27N3O2/c1-14(2)20-17(23)19(7-8-19)18(24)22-11-9-21(10-12-22)16-6-4-5-15(3)13-16/h4-6,13-14H,7-12H2,1-3H3,(H,20,23). The Kier molecular flexibility index (Phi) is 4.52. The van der Waals surface area contributed by atoms with E-state index in [2.05, 4.69) is 41.4 Å². The number of amides is 2. The summed E-state index contributed by atoms with van der Waals surface area (Å²) in [6.45, 7) is 8.95. The molecule has 1 aliphatic carbocycles. The molecule has 1 N–H and O–H groups in total. The van der Waals surface area contributed by atoms with Gasteiger partial charge in [-0.3, -0.25) is 9.59 Å². The van der Waals surface area contributed by atoms with Crippen molar-refractivity contribution in [2.45, 2.75) is 39.7 Å². The zero-order chi connectivity index (χ0) is 17.3. The summed E-state index contributed by atoms with van der Waals surface area (Å²) in [7, 11) is 0. The van der Waals surface area contributed by atoms with Crippen LogP contribution in [-0.4, -0.2) is 48.9 Å². The highest BCUT2D eigenvalue weighted by Gasteiger charge is 2.58. The maximum atomic E-state index is 12.8. The highest BCUT2D eigenvalue weighted by Crippen LogP contribution is 2.47. The van der Waals surface area contributed by atoms with Crippen LogP contribution in [0.25, 0.3) is 0 Å². The van der Waals surface area contributed by atoms with E-state index in [4.69, 9.17) is 0 Å². The summed E-state index contributed by atoms with van der Waals surface area (Å²) in [4.78, 5) is 29.4. The molecule has 1 saturated heterocycles. The molecular formula is C19H27N3O2. The Morgan fingerprint density at radius 1 is 1.12 bits per heavy atom. The first kappa shape index (κ1) is 16.8. The highest BCUT2D eigenvalue weighted by molar-refractivity contribution is 6.08. The van der Waals surface area contributed by atoms with Crippen LogP contribution >= 0.6 is 0 Å². The molecule has 0 radical (unpaired) electrons. The molecule has 2 amide bonds. The first-order valence-electron chi connectivity index (χ1n) is 8.84. The third-order valence-electron chi connectivity index (χ3n) is 4.95. The molecule has 0 atom stereocenters.